The predicted octanol–water partition coefficient (Wildman–Crippen LogP) is 2.21. The number of nitrogens with zero attached hydrogens (tertiary/aromatic N) is 3. The molecule has 0 radical (unpaired) electrons. The molecule has 7 heteroatoms. The van der Waals surface area contributed by atoms with Crippen LogP contribution in [0.5, 0.6) is 0 Å². The van der Waals surface area contributed by atoms with Crippen LogP contribution in [-0.4, -0.2) is 84.3 Å². The van der Waals surface area contributed by atoms with Crippen LogP contribution in [0.1, 0.15) is 61.3 Å². The largest absolute Gasteiger partial charge is 0.343 e. The number of hydrogen-bond acceptors (Lipinski definition) is 4. The number of likely N-dealkylation sites (tertiary alicyclic amines) is 1. The fourth-order valence-electron chi connectivity index (χ4n) is 4.57. The molecule has 0 aromatic carbocycles. The highest BCUT2D eigenvalue weighted by Gasteiger charge is 2.39. The number of carbonyl (C=O) groups excluding carboxylic acids is 3. The average Bonchev–Trinajstić information content (AvgIpc) is 3.03. The van der Waals surface area contributed by atoms with E-state index in [9.17, 15) is 14.4 Å². The van der Waals surface area contributed by atoms with Crippen molar-refractivity contribution in [3.05, 3.63) is 0 Å². The lowest BCUT2D eigenvalue weighted by molar-refractivity contribution is -0.149. The van der Waals surface area contributed by atoms with Crippen LogP contribution in [0.2, 0.25) is 0 Å². The Bertz CT molecular complexity index is 595. The highest BCUT2D eigenvalue weighted by atomic mass is 16.2. The van der Waals surface area contributed by atoms with Gasteiger partial charge >= 0.3 is 0 Å². The molecule has 0 aromatic rings. The van der Waals surface area contributed by atoms with E-state index in [0.717, 1.165) is 19.4 Å². The molecule has 1 aliphatic heterocycles. The highest BCUT2D eigenvalue weighted by molar-refractivity contribution is 5.93. The summed E-state index contributed by atoms with van der Waals surface area (Å²) in [6, 6.07) is -1.33. The van der Waals surface area contributed by atoms with Gasteiger partial charge in [-0.2, -0.15) is 0 Å². The van der Waals surface area contributed by atoms with Crippen LogP contribution in [0.25, 0.3) is 0 Å². The summed E-state index contributed by atoms with van der Waals surface area (Å²) < 4.78 is 0. The molecule has 1 saturated heterocycles. The molecule has 30 heavy (non-hydrogen) atoms. The summed E-state index contributed by atoms with van der Waals surface area (Å²) in [5, 5.41) is 2.97. The third-order valence-corrected chi connectivity index (χ3v) is 6.17. The molecule has 1 rings (SSSR count). The first-order chi connectivity index (χ1) is 13.8. The molecular weight excluding hydrogens is 380 g/mol. The Morgan fingerprint density at radius 3 is 1.80 bits per heavy atom. The first-order valence-electron chi connectivity index (χ1n) is 11.3. The molecule has 1 heterocycles. The van der Waals surface area contributed by atoms with Gasteiger partial charge in [0.1, 0.15) is 12.1 Å². The molecule has 0 bridgehead atoms. The van der Waals surface area contributed by atoms with Crippen LogP contribution in [0.4, 0.5) is 0 Å². The minimum atomic E-state index is -0.672. The summed E-state index contributed by atoms with van der Waals surface area (Å²) >= 11 is 0. The van der Waals surface area contributed by atoms with Gasteiger partial charge in [0.2, 0.25) is 17.7 Å². The Balaban J connectivity index is 3.07. The quantitative estimate of drug-likeness (QED) is 0.616. The molecule has 1 aliphatic rings. The van der Waals surface area contributed by atoms with Gasteiger partial charge in [-0.25, -0.2) is 0 Å². The lowest BCUT2D eigenvalue weighted by atomic mass is 9.96. The Kier molecular flexibility index (Phi) is 9.79. The first-order valence-corrected chi connectivity index (χ1v) is 11.3. The molecule has 1 N–H and O–H groups in total. The standard InChI is InChI=1S/C23H44N4O3/c1-14(2)18(24-21(28)19(15(3)4)25(8)9)22(29)26(10)20(16(5)6)23(30)27-13-11-12-17(27)7/h14-20H,11-13H2,1-10H3,(H,24,28)/t17-,18+,19+,20+/m1/s1. The maximum atomic E-state index is 13.5. The van der Waals surface area contributed by atoms with Crippen molar-refractivity contribution in [2.75, 3.05) is 27.7 Å². The maximum Gasteiger partial charge on any atom is 0.245 e. The second-order valence-electron chi connectivity index (χ2n) is 10.0. The lowest BCUT2D eigenvalue weighted by Crippen LogP contribution is -2.60. The third kappa shape index (κ3) is 6.19. The molecule has 0 spiro atoms. The predicted molar refractivity (Wildman–Crippen MR) is 121 cm³/mol. The van der Waals surface area contributed by atoms with E-state index < -0.39 is 12.1 Å². The van der Waals surface area contributed by atoms with E-state index in [-0.39, 0.29) is 47.6 Å². The van der Waals surface area contributed by atoms with Crippen LogP contribution in [0.15, 0.2) is 0 Å². The fraction of sp³-hybridized carbons (Fsp3) is 0.870. The first kappa shape index (κ1) is 26.4. The fourth-order valence-corrected chi connectivity index (χ4v) is 4.57. The molecule has 0 saturated carbocycles. The van der Waals surface area contributed by atoms with Gasteiger partial charge in [0.05, 0.1) is 6.04 Å². The Morgan fingerprint density at radius 2 is 1.43 bits per heavy atom. The van der Waals surface area contributed by atoms with E-state index in [0.29, 0.717) is 0 Å². The van der Waals surface area contributed by atoms with Gasteiger partial charge in [-0.15, -0.1) is 0 Å². The Labute approximate surface area is 183 Å². The topological polar surface area (TPSA) is 73.0 Å². The SMILES string of the molecule is CC(C)[C@H](NC(=O)[C@H](C(C)C)N(C)C)C(=O)N(C)[C@H](C(=O)N1CCC[C@H]1C)C(C)C. The van der Waals surface area contributed by atoms with Gasteiger partial charge in [0.25, 0.3) is 0 Å². The van der Waals surface area contributed by atoms with Crippen LogP contribution in [0, 0.1) is 17.8 Å². The summed E-state index contributed by atoms with van der Waals surface area (Å²) in [5.41, 5.74) is 0. The summed E-state index contributed by atoms with van der Waals surface area (Å²) in [4.78, 5) is 45.0. The van der Waals surface area contributed by atoms with Gasteiger partial charge in [-0.1, -0.05) is 41.5 Å². The monoisotopic (exact) mass is 424 g/mol. The zero-order valence-electron chi connectivity index (χ0n) is 20.7. The number of likely N-dealkylation sites (N-methyl/N-ethyl adjacent to an activating group) is 2. The third-order valence-electron chi connectivity index (χ3n) is 6.17. The second kappa shape index (κ2) is 11.1. The van der Waals surface area contributed by atoms with Crippen molar-refractivity contribution in [3.63, 3.8) is 0 Å². The minimum absolute atomic E-state index is 0.00744. The molecule has 0 aliphatic carbocycles. The van der Waals surface area contributed by atoms with E-state index in [1.165, 1.54) is 0 Å². The van der Waals surface area contributed by atoms with Gasteiger partial charge in [0, 0.05) is 19.6 Å². The van der Waals surface area contributed by atoms with Crippen molar-refractivity contribution in [1.82, 2.24) is 20.0 Å². The molecule has 0 aromatic heterocycles. The van der Waals surface area contributed by atoms with Crippen molar-refractivity contribution in [2.45, 2.75) is 85.5 Å². The van der Waals surface area contributed by atoms with Gasteiger partial charge in [-0.3, -0.25) is 19.3 Å². The zero-order chi connectivity index (χ0) is 23.3. The number of amides is 3. The van der Waals surface area contributed by atoms with Crippen molar-refractivity contribution in [1.29, 1.82) is 0 Å². The van der Waals surface area contributed by atoms with Crippen molar-refractivity contribution < 1.29 is 14.4 Å². The summed E-state index contributed by atoms with van der Waals surface area (Å²) in [5.74, 6) is -0.356. The summed E-state index contributed by atoms with van der Waals surface area (Å²) in [6.07, 6.45) is 2.00. The van der Waals surface area contributed by atoms with Crippen LogP contribution in [-0.2, 0) is 14.4 Å². The lowest BCUT2D eigenvalue weighted by Gasteiger charge is -2.38. The van der Waals surface area contributed by atoms with E-state index >= 15 is 0 Å². The van der Waals surface area contributed by atoms with Gasteiger partial charge in [-0.05, 0) is 51.6 Å². The normalized spacial score (nSPS) is 20.1. The van der Waals surface area contributed by atoms with Crippen LogP contribution < -0.4 is 5.32 Å². The van der Waals surface area contributed by atoms with E-state index in [1.807, 2.05) is 65.4 Å². The minimum Gasteiger partial charge on any atom is -0.343 e. The number of rotatable bonds is 9. The zero-order valence-corrected chi connectivity index (χ0v) is 20.7. The molecule has 0 unspecified atom stereocenters. The summed E-state index contributed by atoms with van der Waals surface area (Å²) in [6.45, 7) is 14.6. The van der Waals surface area contributed by atoms with E-state index in [4.69, 9.17) is 0 Å². The Hall–Kier alpha value is -1.63. The van der Waals surface area contributed by atoms with Crippen LogP contribution in [0.3, 0.4) is 0 Å². The van der Waals surface area contributed by atoms with Crippen molar-refractivity contribution in [3.8, 4) is 0 Å². The van der Waals surface area contributed by atoms with Crippen LogP contribution >= 0.6 is 0 Å². The average molecular weight is 425 g/mol. The smallest absolute Gasteiger partial charge is 0.245 e. The molecule has 174 valence electrons. The second-order valence-corrected chi connectivity index (χ2v) is 10.0. The number of hydrogen-bond donors (Lipinski definition) is 1. The number of nitrogens with one attached hydrogen (secondary N) is 1. The van der Waals surface area contributed by atoms with Gasteiger partial charge in [0.15, 0.2) is 0 Å². The van der Waals surface area contributed by atoms with Crippen molar-refractivity contribution >= 4 is 17.7 Å². The van der Waals surface area contributed by atoms with Crippen molar-refractivity contribution in [2.24, 2.45) is 17.8 Å². The molecule has 7 nitrogen and oxygen atoms in total. The molecule has 3 amide bonds. The van der Waals surface area contributed by atoms with E-state index in [1.54, 1.807) is 11.9 Å². The maximum absolute atomic E-state index is 13.5. The Morgan fingerprint density at radius 1 is 0.900 bits per heavy atom. The molecule has 4 atom stereocenters. The number of carbonyl (C=O) groups is 3. The van der Waals surface area contributed by atoms with E-state index in [2.05, 4.69) is 12.2 Å². The summed E-state index contributed by atoms with van der Waals surface area (Å²) in [7, 11) is 5.43. The highest BCUT2D eigenvalue weighted by Crippen LogP contribution is 2.23. The molecular formula is C23H44N4O3. The molecule has 1 fully saturated rings. The van der Waals surface area contributed by atoms with Gasteiger partial charge < -0.3 is 15.1 Å².